The summed E-state index contributed by atoms with van der Waals surface area (Å²) in [6.45, 7) is 1.85. The van der Waals surface area contributed by atoms with Crippen molar-refractivity contribution in [3.8, 4) is 11.5 Å². The van der Waals surface area contributed by atoms with Crippen LogP contribution in [0, 0.1) is 6.92 Å². The number of hydrogen-bond donors (Lipinski definition) is 2. The van der Waals surface area contributed by atoms with Gasteiger partial charge in [-0.1, -0.05) is 0 Å². The van der Waals surface area contributed by atoms with Crippen LogP contribution in [0.2, 0.25) is 0 Å². The maximum absolute atomic E-state index is 5.56. The zero-order valence-electron chi connectivity index (χ0n) is 7.31. The summed E-state index contributed by atoms with van der Waals surface area (Å²) in [4.78, 5) is 1.38. The van der Waals surface area contributed by atoms with Gasteiger partial charge in [0.2, 0.25) is 5.82 Å². The highest BCUT2D eigenvalue weighted by atomic mass is 15.6. The molecule has 0 atom stereocenters. The second kappa shape index (κ2) is 2.54. The number of aromatic nitrogens is 6. The summed E-state index contributed by atoms with van der Waals surface area (Å²) in [6.07, 6.45) is 0. The maximum Gasteiger partial charge on any atom is 0.222 e. The van der Waals surface area contributed by atoms with Crippen LogP contribution >= 0.6 is 0 Å². The van der Waals surface area contributed by atoms with Crippen molar-refractivity contribution in [1.82, 2.24) is 30.4 Å². The molecule has 0 saturated heterocycles. The van der Waals surface area contributed by atoms with E-state index >= 15 is 0 Å². The lowest BCUT2D eigenvalue weighted by Gasteiger charge is -1.89. The first kappa shape index (κ1) is 7.71. The molecule has 2 aromatic heterocycles. The number of aryl methyl sites for hydroxylation is 1. The number of anilines is 1. The predicted molar refractivity (Wildman–Crippen MR) is 45.5 cm³/mol. The van der Waals surface area contributed by atoms with E-state index in [2.05, 4.69) is 25.6 Å². The predicted octanol–water partition coefficient (Wildman–Crippen LogP) is -0.509. The zero-order valence-corrected chi connectivity index (χ0v) is 7.31. The molecule has 0 fully saturated rings. The summed E-state index contributed by atoms with van der Waals surface area (Å²) >= 11 is 0. The van der Waals surface area contributed by atoms with E-state index in [0.29, 0.717) is 17.3 Å². The van der Waals surface area contributed by atoms with Gasteiger partial charge in [-0.3, -0.25) is 5.10 Å². The van der Waals surface area contributed by atoms with Crippen molar-refractivity contribution in [1.29, 1.82) is 0 Å². The molecule has 0 unspecified atom stereocenters. The minimum atomic E-state index is 0.461. The summed E-state index contributed by atoms with van der Waals surface area (Å²) in [7, 11) is 1.70. The number of H-pyrrole nitrogens is 1. The van der Waals surface area contributed by atoms with Crippen molar-refractivity contribution in [3.63, 3.8) is 0 Å². The Morgan fingerprint density at radius 2 is 2.23 bits per heavy atom. The third-order valence-corrected chi connectivity index (χ3v) is 1.78. The van der Waals surface area contributed by atoms with Gasteiger partial charge in [0.15, 0.2) is 0 Å². The Kier molecular flexibility index (Phi) is 1.51. The van der Waals surface area contributed by atoms with Crippen LogP contribution in [0.4, 0.5) is 5.82 Å². The SMILES string of the molecule is Cc1c(N)n[nH]c1-c1nnn(C)n1. The molecular weight excluding hydrogens is 170 g/mol. The molecule has 0 aliphatic rings. The summed E-state index contributed by atoms with van der Waals surface area (Å²) in [6, 6.07) is 0. The minimum Gasteiger partial charge on any atom is -0.382 e. The van der Waals surface area contributed by atoms with Gasteiger partial charge in [-0.15, -0.1) is 10.2 Å². The Bertz CT molecular complexity index is 426. The molecule has 2 heterocycles. The second-order valence-corrected chi connectivity index (χ2v) is 2.71. The van der Waals surface area contributed by atoms with Gasteiger partial charge in [0.05, 0.1) is 7.05 Å². The van der Waals surface area contributed by atoms with E-state index in [1.165, 1.54) is 4.80 Å². The molecule has 0 bridgehead atoms. The van der Waals surface area contributed by atoms with E-state index in [-0.39, 0.29) is 0 Å². The van der Waals surface area contributed by atoms with E-state index in [9.17, 15) is 0 Å². The highest BCUT2D eigenvalue weighted by molar-refractivity contribution is 5.60. The maximum atomic E-state index is 5.56. The van der Waals surface area contributed by atoms with Crippen LogP contribution in [0.5, 0.6) is 0 Å². The molecule has 0 aliphatic carbocycles. The first-order chi connectivity index (χ1) is 6.18. The average Bonchev–Trinajstić information content (AvgIpc) is 2.62. The zero-order chi connectivity index (χ0) is 9.42. The lowest BCUT2D eigenvalue weighted by atomic mass is 10.2. The van der Waals surface area contributed by atoms with Crippen LogP contribution < -0.4 is 5.73 Å². The molecule has 0 radical (unpaired) electrons. The highest BCUT2D eigenvalue weighted by Gasteiger charge is 2.12. The lowest BCUT2D eigenvalue weighted by Crippen LogP contribution is -1.92. The molecule has 13 heavy (non-hydrogen) atoms. The summed E-state index contributed by atoms with van der Waals surface area (Å²) in [5.74, 6) is 0.964. The Morgan fingerprint density at radius 3 is 2.69 bits per heavy atom. The lowest BCUT2D eigenvalue weighted by molar-refractivity contribution is 0.630. The molecule has 0 aliphatic heterocycles. The van der Waals surface area contributed by atoms with E-state index in [1.54, 1.807) is 7.05 Å². The average molecular weight is 179 g/mol. The molecule has 7 nitrogen and oxygen atoms in total. The van der Waals surface area contributed by atoms with Crippen LogP contribution in [0.25, 0.3) is 11.5 Å². The second-order valence-electron chi connectivity index (χ2n) is 2.71. The molecular formula is C6H9N7. The Morgan fingerprint density at radius 1 is 1.46 bits per heavy atom. The van der Waals surface area contributed by atoms with Crippen molar-refractivity contribution in [2.75, 3.05) is 5.73 Å². The monoisotopic (exact) mass is 179 g/mol. The fraction of sp³-hybridized carbons (Fsp3) is 0.333. The quantitative estimate of drug-likeness (QED) is 0.614. The van der Waals surface area contributed by atoms with E-state index in [0.717, 1.165) is 5.56 Å². The van der Waals surface area contributed by atoms with Crippen LogP contribution in [-0.2, 0) is 7.05 Å². The van der Waals surface area contributed by atoms with E-state index in [4.69, 9.17) is 5.73 Å². The van der Waals surface area contributed by atoms with Crippen molar-refractivity contribution in [3.05, 3.63) is 5.56 Å². The first-order valence-electron chi connectivity index (χ1n) is 3.73. The number of tetrazole rings is 1. The van der Waals surface area contributed by atoms with Gasteiger partial charge < -0.3 is 5.73 Å². The molecule has 2 aromatic rings. The van der Waals surface area contributed by atoms with E-state index < -0.39 is 0 Å². The first-order valence-corrected chi connectivity index (χ1v) is 3.73. The molecule has 7 heteroatoms. The van der Waals surface area contributed by atoms with Gasteiger partial charge in [-0.05, 0) is 12.1 Å². The normalized spacial score (nSPS) is 10.6. The minimum absolute atomic E-state index is 0.461. The highest BCUT2D eigenvalue weighted by Crippen LogP contribution is 2.19. The Balaban J connectivity index is 2.52. The Labute approximate surface area is 73.9 Å². The van der Waals surface area contributed by atoms with Gasteiger partial charge in [0, 0.05) is 5.56 Å². The number of hydrogen-bond acceptors (Lipinski definition) is 5. The van der Waals surface area contributed by atoms with Crippen LogP contribution in [0.15, 0.2) is 0 Å². The molecule has 0 spiro atoms. The number of nitrogens with zero attached hydrogens (tertiary/aromatic N) is 5. The molecule has 0 aromatic carbocycles. The fourth-order valence-electron chi connectivity index (χ4n) is 1.01. The van der Waals surface area contributed by atoms with Crippen LogP contribution in [0.1, 0.15) is 5.56 Å². The molecule has 2 rings (SSSR count). The van der Waals surface area contributed by atoms with E-state index in [1.807, 2.05) is 6.92 Å². The number of nitrogen functional groups attached to an aromatic ring is 1. The summed E-state index contributed by atoms with van der Waals surface area (Å²) < 4.78 is 0. The van der Waals surface area contributed by atoms with Gasteiger partial charge in [-0.25, -0.2) is 0 Å². The largest absolute Gasteiger partial charge is 0.382 e. The number of rotatable bonds is 1. The van der Waals surface area contributed by atoms with Crippen molar-refractivity contribution in [2.24, 2.45) is 7.05 Å². The third-order valence-electron chi connectivity index (χ3n) is 1.78. The van der Waals surface area contributed by atoms with Gasteiger partial charge >= 0.3 is 0 Å². The summed E-state index contributed by atoms with van der Waals surface area (Å²) in [5, 5.41) is 18.2. The number of nitrogens with one attached hydrogen (secondary N) is 1. The topological polar surface area (TPSA) is 98.3 Å². The van der Waals surface area contributed by atoms with Gasteiger partial charge in [0.25, 0.3) is 0 Å². The molecule has 3 N–H and O–H groups in total. The van der Waals surface area contributed by atoms with Crippen molar-refractivity contribution < 1.29 is 0 Å². The van der Waals surface area contributed by atoms with Gasteiger partial charge in [0.1, 0.15) is 11.5 Å². The fourth-order valence-corrected chi connectivity index (χ4v) is 1.01. The Hall–Kier alpha value is -1.92. The van der Waals surface area contributed by atoms with Crippen molar-refractivity contribution in [2.45, 2.75) is 6.92 Å². The number of aromatic amines is 1. The van der Waals surface area contributed by atoms with Crippen LogP contribution in [-0.4, -0.2) is 30.4 Å². The molecule has 68 valence electrons. The molecule has 0 amide bonds. The standard InChI is InChI=1S/C6H9N7/c1-3-4(8-9-5(3)7)6-10-12-13(2)11-6/h1-2H3,(H3,7,8,9). The van der Waals surface area contributed by atoms with Crippen molar-refractivity contribution >= 4 is 5.82 Å². The van der Waals surface area contributed by atoms with Gasteiger partial charge in [-0.2, -0.15) is 9.90 Å². The smallest absolute Gasteiger partial charge is 0.222 e. The van der Waals surface area contributed by atoms with Crippen LogP contribution in [0.3, 0.4) is 0 Å². The molecule has 0 saturated carbocycles. The third kappa shape index (κ3) is 1.13. The summed E-state index contributed by atoms with van der Waals surface area (Å²) in [5.41, 5.74) is 7.11. The number of nitrogens with two attached hydrogens (primary N) is 1.